The number of aromatic nitrogens is 2. The van der Waals surface area contributed by atoms with Gasteiger partial charge in [0.05, 0.1) is 5.69 Å². The number of amides is 1. The number of anilines is 1. The summed E-state index contributed by atoms with van der Waals surface area (Å²) in [5.74, 6) is -0.0816. The van der Waals surface area contributed by atoms with E-state index in [0.717, 1.165) is 13.0 Å². The van der Waals surface area contributed by atoms with Crippen LogP contribution in [0.25, 0.3) is 0 Å². The fourth-order valence-corrected chi connectivity index (χ4v) is 1.78. The van der Waals surface area contributed by atoms with Crippen LogP contribution >= 0.6 is 0 Å². The zero-order chi connectivity index (χ0) is 11.7. The van der Waals surface area contributed by atoms with Crippen LogP contribution in [0, 0.1) is 0 Å². The first-order chi connectivity index (χ1) is 7.58. The van der Waals surface area contributed by atoms with Crippen molar-refractivity contribution in [2.24, 2.45) is 7.05 Å². The molecule has 0 saturated heterocycles. The topological polar surface area (TPSA) is 64.2 Å². The van der Waals surface area contributed by atoms with Crippen molar-refractivity contribution in [1.82, 2.24) is 14.7 Å². The lowest BCUT2D eigenvalue weighted by Gasteiger charge is -2.24. The van der Waals surface area contributed by atoms with Gasteiger partial charge < -0.3 is 10.6 Å². The van der Waals surface area contributed by atoms with Gasteiger partial charge in [0.1, 0.15) is 0 Å². The molecule has 0 atom stereocenters. The van der Waals surface area contributed by atoms with Crippen LogP contribution in [0.3, 0.4) is 0 Å². The summed E-state index contributed by atoms with van der Waals surface area (Å²) in [6, 6.07) is 0. The van der Waals surface area contributed by atoms with Crippen molar-refractivity contribution >= 4 is 11.6 Å². The Kier molecular flexibility index (Phi) is 2.68. The number of carbonyl (C=O) groups excluding carboxylic acids is 1. The van der Waals surface area contributed by atoms with E-state index in [4.69, 9.17) is 5.73 Å². The Morgan fingerprint density at radius 1 is 1.56 bits per heavy atom. The summed E-state index contributed by atoms with van der Waals surface area (Å²) >= 11 is 0. The predicted molar refractivity (Wildman–Crippen MR) is 61.9 cm³/mol. The van der Waals surface area contributed by atoms with Gasteiger partial charge in [-0.25, -0.2) is 0 Å². The standard InChI is InChI=1S/C11H16N4O/c1-8-3-5-15(6-4-8)11(16)10-9(12)7-14(2)13-10/h3,7H,4-6,12H2,1-2H3. The Morgan fingerprint density at radius 2 is 2.31 bits per heavy atom. The molecular weight excluding hydrogens is 204 g/mol. The summed E-state index contributed by atoms with van der Waals surface area (Å²) in [4.78, 5) is 13.9. The average Bonchev–Trinajstić information content (AvgIpc) is 2.58. The van der Waals surface area contributed by atoms with Crippen molar-refractivity contribution in [3.05, 3.63) is 23.5 Å². The van der Waals surface area contributed by atoms with Gasteiger partial charge in [-0.05, 0) is 13.3 Å². The predicted octanol–water partition coefficient (Wildman–Crippen LogP) is 0.794. The van der Waals surface area contributed by atoms with Gasteiger partial charge >= 0.3 is 0 Å². The van der Waals surface area contributed by atoms with Gasteiger partial charge in [-0.2, -0.15) is 5.10 Å². The van der Waals surface area contributed by atoms with Crippen LogP contribution in [0.1, 0.15) is 23.8 Å². The molecule has 0 spiro atoms. The number of rotatable bonds is 1. The van der Waals surface area contributed by atoms with Crippen LogP contribution < -0.4 is 5.73 Å². The minimum atomic E-state index is -0.0816. The van der Waals surface area contributed by atoms with Gasteiger partial charge in [0.15, 0.2) is 5.69 Å². The molecule has 1 aromatic heterocycles. The van der Waals surface area contributed by atoms with Crippen molar-refractivity contribution in [1.29, 1.82) is 0 Å². The minimum absolute atomic E-state index is 0.0816. The van der Waals surface area contributed by atoms with E-state index in [9.17, 15) is 4.79 Å². The van der Waals surface area contributed by atoms with Crippen LogP contribution in [0.4, 0.5) is 5.69 Å². The maximum Gasteiger partial charge on any atom is 0.276 e. The van der Waals surface area contributed by atoms with E-state index in [2.05, 4.69) is 18.1 Å². The van der Waals surface area contributed by atoms with Crippen molar-refractivity contribution in [2.45, 2.75) is 13.3 Å². The van der Waals surface area contributed by atoms with Crippen LogP contribution in [-0.4, -0.2) is 33.7 Å². The quantitative estimate of drug-likeness (QED) is 0.712. The van der Waals surface area contributed by atoms with Gasteiger partial charge in [-0.1, -0.05) is 11.6 Å². The third-order valence-electron chi connectivity index (χ3n) is 2.78. The summed E-state index contributed by atoms with van der Waals surface area (Å²) in [5, 5.41) is 4.08. The number of nitrogens with zero attached hydrogens (tertiary/aromatic N) is 3. The zero-order valence-electron chi connectivity index (χ0n) is 9.60. The number of aryl methyl sites for hydroxylation is 1. The highest BCUT2D eigenvalue weighted by Gasteiger charge is 2.21. The highest BCUT2D eigenvalue weighted by molar-refractivity contribution is 5.97. The largest absolute Gasteiger partial charge is 0.396 e. The molecular formula is C11H16N4O. The maximum atomic E-state index is 12.1. The van der Waals surface area contributed by atoms with E-state index in [1.54, 1.807) is 22.8 Å². The number of nitrogen functional groups attached to an aromatic ring is 1. The second-order valence-corrected chi connectivity index (χ2v) is 4.16. The summed E-state index contributed by atoms with van der Waals surface area (Å²) in [6.07, 6.45) is 4.65. The molecule has 1 aromatic rings. The van der Waals surface area contributed by atoms with E-state index >= 15 is 0 Å². The molecule has 16 heavy (non-hydrogen) atoms. The number of nitrogens with two attached hydrogens (primary N) is 1. The van der Waals surface area contributed by atoms with E-state index in [1.165, 1.54) is 5.57 Å². The first-order valence-corrected chi connectivity index (χ1v) is 5.32. The first-order valence-electron chi connectivity index (χ1n) is 5.32. The molecule has 86 valence electrons. The van der Waals surface area contributed by atoms with Gasteiger partial charge in [0, 0.05) is 26.3 Å². The van der Waals surface area contributed by atoms with Crippen LogP contribution in [0.15, 0.2) is 17.8 Å². The third-order valence-corrected chi connectivity index (χ3v) is 2.78. The maximum absolute atomic E-state index is 12.1. The molecule has 5 heteroatoms. The molecule has 2 N–H and O–H groups in total. The summed E-state index contributed by atoms with van der Waals surface area (Å²) in [7, 11) is 1.76. The third kappa shape index (κ3) is 1.93. The molecule has 0 unspecified atom stereocenters. The lowest BCUT2D eigenvalue weighted by molar-refractivity contribution is 0.0763. The summed E-state index contributed by atoms with van der Waals surface area (Å²) < 4.78 is 1.56. The van der Waals surface area contributed by atoms with Crippen LogP contribution in [0.2, 0.25) is 0 Å². The van der Waals surface area contributed by atoms with Crippen molar-refractivity contribution < 1.29 is 4.79 Å². The normalized spacial score (nSPS) is 16.1. The Balaban J connectivity index is 2.17. The fraction of sp³-hybridized carbons (Fsp3) is 0.455. The molecule has 1 aliphatic rings. The van der Waals surface area contributed by atoms with Crippen molar-refractivity contribution in [3.63, 3.8) is 0 Å². The first kappa shape index (κ1) is 10.7. The van der Waals surface area contributed by atoms with Crippen LogP contribution in [0.5, 0.6) is 0 Å². The van der Waals surface area contributed by atoms with Crippen molar-refractivity contribution in [2.75, 3.05) is 18.8 Å². The Morgan fingerprint density at radius 3 is 2.81 bits per heavy atom. The molecule has 0 radical (unpaired) electrons. The monoisotopic (exact) mass is 220 g/mol. The molecule has 2 heterocycles. The highest BCUT2D eigenvalue weighted by atomic mass is 16.2. The molecule has 1 aliphatic heterocycles. The van der Waals surface area contributed by atoms with E-state index in [0.29, 0.717) is 17.9 Å². The molecule has 0 fully saturated rings. The van der Waals surface area contributed by atoms with E-state index in [1.807, 2.05) is 0 Å². The minimum Gasteiger partial charge on any atom is -0.396 e. The van der Waals surface area contributed by atoms with Crippen LogP contribution in [-0.2, 0) is 7.05 Å². The Bertz CT molecular complexity index is 447. The number of hydrogen-bond donors (Lipinski definition) is 1. The van der Waals surface area contributed by atoms with E-state index < -0.39 is 0 Å². The second-order valence-electron chi connectivity index (χ2n) is 4.16. The highest BCUT2D eigenvalue weighted by Crippen LogP contribution is 2.15. The van der Waals surface area contributed by atoms with Gasteiger partial charge in [0.25, 0.3) is 5.91 Å². The summed E-state index contributed by atoms with van der Waals surface area (Å²) in [6.45, 7) is 3.48. The molecule has 5 nitrogen and oxygen atoms in total. The van der Waals surface area contributed by atoms with Gasteiger partial charge in [0.2, 0.25) is 0 Å². The Hall–Kier alpha value is -1.78. The molecule has 0 bridgehead atoms. The molecule has 0 aliphatic carbocycles. The molecule has 2 rings (SSSR count). The van der Waals surface area contributed by atoms with Gasteiger partial charge in [-0.15, -0.1) is 0 Å². The van der Waals surface area contributed by atoms with Crippen molar-refractivity contribution in [3.8, 4) is 0 Å². The fourth-order valence-electron chi connectivity index (χ4n) is 1.78. The number of carbonyl (C=O) groups is 1. The lowest BCUT2D eigenvalue weighted by atomic mass is 10.1. The van der Waals surface area contributed by atoms with E-state index in [-0.39, 0.29) is 5.91 Å². The molecule has 1 amide bonds. The second kappa shape index (κ2) is 4.00. The summed E-state index contributed by atoms with van der Waals surface area (Å²) in [5.41, 5.74) is 7.86. The smallest absolute Gasteiger partial charge is 0.276 e. The SMILES string of the molecule is CC1=CCN(C(=O)c2nn(C)cc2N)CC1. The Labute approximate surface area is 94.5 Å². The molecule has 0 aromatic carbocycles. The molecule has 0 saturated carbocycles. The van der Waals surface area contributed by atoms with Gasteiger partial charge in [-0.3, -0.25) is 9.48 Å². The lowest BCUT2D eigenvalue weighted by Crippen LogP contribution is -2.35. The average molecular weight is 220 g/mol. The zero-order valence-corrected chi connectivity index (χ0v) is 9.60. The number of hydrogen-bond acceptors (Lipinski definition) is 3.